The summed E-state index contributed by atoms with van der Waals surface area (Å²) in [6, 6.07) is 19.0. The molecule has 11 nitrogen and oxygen atoms in total. The number of nitrogens with one attached hydrogen (secondary N) is 3. The third-order valence-corrected chi connectivity index (χ3v) is 8.26. The molecule has 0 spiro atoms. The van der Waals surface area contributed by atoms with Crippen LogP contribution in [0.25, 0.3) is 0 Å². The van der Waals surface area contributed by atoms with E-state index in [2.05, 4.69) is 20.8 Å². The van der Waals surface area contributed by atoms with Crippen LogP contribution in [0.5, 0.6) is 0 Å². The number of likely N-dealkylation sites (N-methyl/N-ethyl adjacent to an activating group) is 1. The molecule has 1 fully saturated rings. The van der Waals surface area contributed by atoms with Gasteiger partial charge in [-0.2, -0.15) is 5.10 Å². The lowest BCUT2D eigenvalue weighted by Gasteiger charge is -2.34. The van der Waals surface area contributed by atoms with Crippen LogP contribution in [0, 0.1) is 5.92 Å². The zero-order chi connectivity index (χ0) is 30.6. The molecule has 3 N–H and O–H groups in total. The summed E-state index contributed by atoms with van der Waals surface area (Å²) in [7, 11) is 3.96. The van der Waals surface area contributed by atoms with E-state index in [0.29, 0.717) is 38.3 Å². The smallest absolute Gasteiger partial charge is 0.410 e. The van der Waals surface area contributed by atoms with Crippen LogP contribution in [0.4, 0.5) is 15.4 Å². The number of hydrogen-bond acceptors (Lipinski definition) is 6. The standard InChI is InChI=1S/C32H41N7O4/c1-32(2)27-25(19-39(32)30(41)33-26(20-37(3)4)23-14-9-6-10-15-23)28(36-35-27)34-29(40)24-16-11-17-38(18-24)31(42)43-21-22-12-7-5-8-13-22/h5-10,12-15,24,26H,11,16-21H2,1-4H3,(H,33,41)(H2,34,35,36,40)/t24-,26-/m1/s1. The van der Waals surface area contributed by atoms with Crippen LogP contribution < -0.4 is 10.6 Å². The number of aromatic amines is 1. The summed E-state index contributed by atoms with van der Waals surface area (Å²) in [6.07, 6.45) is 0.940. The highest BCUT2D eigenvalue weighted by Gasteiger charge is 2.44. The Hall–Kier alpha value is -4.38. The molecule has 0 bridgehead atoms. The monoisotopic (exact) mass is 587 g/mol. The molecule has 2 aliphatic heterocycles. The van der Waals surface area contributed by atoms with E-state index in [1.165, 1.54) is 0 Å². The van der Waals surface area contributed by atoms with Crippen molar-refractivity contribution in [1.29, 1.82) is 0 Å². The molecule has 3 aromatic rings. The van der Waals surface area contributed by atoms with Gasteiger partial charge in [0.15, 0.2) is 5.82 Å². The fraction of sp³-hybridized carbons (Fsp3) is 0.438. The van der Waals surface area contributed by atoms with Crippen molar-refractivity contribution in [3.05, 3.63) is 83.0 Å². The van der Waals surface area contributed by atoms with Gasteiger partial charge in [-0.3, -0.25) is 9.89 Å². The molecule has 228 valence electrons. The molecule has 5 rings (SSSR count). The molecule has 43 heavy (non-hydrogen) atoms. The number of amides is 4. The van der Waals surface area contributed by atoms with Crippen LogP contribution in [0.3, 0.4) is 0 Å². The van der Waals surface area contributed by atoms with Crippen molar-refractivity contribution in [2.24, 2.45) is 5.92 Å². The first kappa shape index (κ1) is 30.1. The molecule has 4 amide bonds. The molecule has 2 aliphatic rings. The Morgan fingerprint density at radius 1 is 1.09 bits per heavy atom. The van der Waals surface area contributed by atoms with Gasteiger partial charge < -0.3 is 30.1 Å². The van der Waals surface area contributed by atoms with E-state index in [0.717, 1.165) is 22.4 Å². The second-order valence-corrected chi connectivity index (χ2v) is 12.1. The van der Waals surface area contributed by atoms with Gasteiger partial charge in [-0.05, 0) is 51.9 Å². The minimum Gasteiger partial charge on any atom is -0.445 e. The molecule has 1 saturated heterocycles. The highest BCUT2D eigenvalue weighted by molar-refractivity contribution is 5.93. The zero-order valence-electron chi connectivity index (χ0n) is 25.3. The predicted molar refractivity (Wildman–Crippen MR) is 163 cm³/mol. The second kappa shape index (κ2) is 12.9. The van der Waals surface area contributed by atoms with Crippen molar-refractivity contribution >= 4 is 23.8 Å². The van der Waals surface area contributed by atoms with Crippen molar-refractivity contribution in [3.63, 3.8) is 0 Å². The quantitative estimate of drug-likeness (QED) is 0.358. The van der Waals surface area contributed by atoms with Gasteiger partial charge in [-0.1, -0.05) is 60.7 Å². The van der Waals surface area contributed by atoms with Crippen LogP contribution in [-0.4, -0.2) is 76.7 Å². The van der Waals surface area contributed by atoms with E-state index in [4.69, 9.17) is 4.74 Å². The van der Waals surface area contributed by atoms with Gasteiger partial charge in [0.25, 0.3) is 0 Å². The van der Waals surface area contributed by atoms with Gasteiger partial charge >= 0.3 is 12.1 Å². The van der Waals surface area contributed by atoms with Crippen LogP contribution in [0.2, 0.25) is 0 Å². The van der Waals surface area contributed by atoms with Crippen LogP contribution in [-0.2, 0) is 28.2 Å². The van der Waals surface area contributed by atoms with E-state index >= 15 is 0 Å². The number of aromatic nitrogens is 2. The molecule has 2 aromatic carbocycles. The van der Waals surface area contributed by atoms with Crippen molar-refractivity contribution in [1.82, 2.24) is 30.2 Å². The number of ether oxygens (including phenoxy) is 1. The summed E-state index contributed by atoms with van der Waals surface area (Å²) in [4.78, 5) is 45.1. The van der Waals surface area contributed by atoms with Crippen molar-refractivity contribution in [2.75, 3.05) is 39.0 Å². The molecule has 2 atom stereocenters. The highest BCUT2D eigenvalue weighted by atomic mass is 16.6. The van der Waals surface area contributed by atoms with Gasteiger partial charge in [0, 0.05) is 25.2 Å². The maximum atomic E-state index is 13.6. The number of likely N-dealkylation sites (tertiary alicyclic amines) is 1. The van der Waals surface area contributed by atoms with Crippen LogP contribution >= 0.6 is 0 Å². The first-order valence-electron chi connectivity index (χ1n) is 14.8. The number of urea groups is 1. The molecule has 0 radical (unpaired) electrons. The summed E-state index contributed by atoms with van der Waals surface area (Å²) in [5.41, 5.74) is 2.84. The second-order valence-electron chi connectivity index (χ2n) is 12.1. The van der Waals surface area contributed by atoms with E-state index in [1.54, 1.807) is 9.80 Å². The third-order valence-electron chi connectivity index (χ3n) is 8.26. The number of nitrogens with zero attached hydrogens (tertiary/aromatic N) is 4. The fourth-order valence-corrected chi connectivity index (χ4v) is 5.84. The summed E-state index contributed by atoms with van der Waals surface area (Å²) < 4.78 is 5.49. The number of hydrogen-bond donors (Lipinski definition) is 3. The summed E-state index contributed by atoms with van der Waals surface area (Å²) in [6.45, 7) is 5.89. The number of carbonyl (C=O) groups excluding carboxylic acids is 3. The van der Waals surface area contributed by atoms with Crippen LogP contribution in [0.1, 0.15) is 55.1 Å². The molecule has 1 aromatic heterocycles. The van der Waals surface area contributed by atoms with Gasteiger partial charge in [0.2, 0.25) is 5.91 Å². The zero-order valence-corrected chi connectivity index (χ0v) is 25.3. The first-order chi connectivity index (χ1) is 20.6. The summed E-state index contributed by atoms with van der Waals surface area (Å²) in [5, 5.41) is 13.7. The third kappa shape index (κ3) is 6.83. The van der Waals surface area contributed by atoms with E-state index < -0.39 is 17.6 Å². The Balaban J connectivity index is 1.21. The van der Waals surface area contributed by atoms with Gasteiger partial charge in [-0.15, -0.1) is 0 Å². The molecule has 0 aliphatic carbocycles. The van der Waals surface area contributed by atoms with Crippen molar-refractivity contribution < 1.29 is 19.1 Å². The number of anilines is 1. The largest absolute Gasteiger partial charge is 0.445 e. The molecule has 11 heteroatoms. The molecular weight excluding hydrogens is 546 g/mol. The predicted octanol–water partition coefficient (Wildman–Crippen LogP) is 4.46. The molecule has 0 unspecified atom stereocenters. The maximum absolute atomic E-state index is 13.6. The normalized spacial score (nSPS) is 18.2. The fourth-order valence-electron chi connectivity index (χ4n) is 5.84. The number of fused-ring (bicyclic) bond motifs is 1. The number of H-pyrrole nitrogens is 1. The Kier molecular flexibility index (Phi) is 9.00. The number of carbonyl (C=O) groups is 3. The Labute approximate surface area is 252 Å². The SMILES string of the molecule is CN(C)C[C@@H](NC(=O)N1Cc2c(NC(=O)[C@@H]3CCCN(C(=O)OCc4ccccc4)C3)n[nH]c2C1(C)C)c1ccccc1. The Bertz CT molecular complexity index is 1420. The Morgan fingerprint density at radius 2 is 1.79 bits per heavy atom. The van der Waals surface area contributed by atoms with Gasteiger partial charge in [0.05, 0.1) is 29.7 Å². The molecule has 0 saturated carbocycles. The first-order valence-corrected chi connectivity index (χ1v) is 14.8. The molecule has 3 heterocycles. The number of rotatable bonds is 8. The lowest BCUT2D eigenvalue weighted by atomic mass is 9.97. The van der Waals surface area contributed by atoms with Gasteiger partial charge in [-0.25, -0.2) is 9.59 Å². The minimum atomic E-state index is -0.668. The van der Waals surface area contributed by atoms with Gasteiger partial charge in [0.1, 0.15) is 6.61 Å². The van der Waals surface area contributed by atoms with E-state index in [1.807, 2.05) is 93.5 Å². The maximum Gasteiger partial charge on any atom is 0.410 e. The molecular formula is C32H41N7O4. The van der Waals surface area contributed by atoms with E-state index in [9.17, 15) is 14.4 Å². The minimum absolute atomic E-state index is 0.188. The average molecular weight is 588 g/mol. The summed E-state index contributed by atoms with van der Waals surface area (Å²) >= 11 is 0. The average Bonchev–Trinajstić information content (AvgIpc) is 3.53. The lowest BCUT2D eigenvalue weighted by molar-refractivity contribution is -0.121. The number of benzene rings is 2. The van der Waals surface area contributed by atoms with E-state index in [-0.39, 0.29) is 31.1 Å². The summed E-state index contributed by atoms with van der Waals surface area (Å²) in [5.74, 6) is -0.178. The van der Waals surface area contributed by atoms with Crippen molar-refractivity contribution in [3.8, 4) is 0 Å². The number of piperidine rings is 1. The van der Waals surface area contributed by atoms with Crippen LogP contribution in [0.15, 0.2) is 60.7 Å². The lowest BCUT2D eigenvalue weighted by Crippen LogP contribution is -2.48. The van der Waals surface area contributed by atoms with Crippen molar-refractivity contribution in [2.45, 2.75) is 51.4 Å². The Morgan fingerprint density at radius 3 is 2.49 bits per heavy atom. The highest BCUT2D eigenvalue weighted by Crippen LogP contribution is 2.41. The topological polar surface area (TPSA) is 123 Å².